The van der Waals surface area contributed by atoms with Gasteiger partial charge in [0.15, 0.2) is 11.5 Å². The topological polar surface area (TPSA) is 56.8 Å². The van der Waals surface area contributed by atoms with E-state index in [-0.39, 0.29) is 5.91 Å². The number of ether oxygens (including phenoxy) is 3. The van der Waals surface area contributed by atoms with Crippen LogP contribution in [0.2, 0.25) is 0 Å². The second kappa shape index (κ2) is 11.5. The van der Waals surface area contributed by atoms with E-state index in [1.54, 1.807) is 26.4 Å². The van der Waals surface area contributed by atoms with Gasteiger partial charge < -0.3 is 19.5 Å². The van der Waals surface area contributed by atoms with E-state index >= 15 is 0 Å². The third kappa shape index (κ3) is 6.24. The zero-order valence-corrected chi connectivity index (χ0v) is 15.2. The highest BCUT2D eigenvalue weighted by Gasteiger charge is 2.14. The van der Waals surface area contributed by atoms with Crippen LogP contribution < -0.4 is 14.8 Å². The van der Waals surface area contributed by atoms with Crippen molar-refractivity contribution in [3.05, 3.63) is 29.3 Å². The Labute approximate surface area is 145 Å². The summed E-state index contributed by atoms with van der Waals surface area (Å²) in [5.74, 6) is 1.04. The summed E-state index contributed by atoms with van der Waals surface area (Å²) in [4.78, 5) is 12.3. The summed E-state index contributed by atoms with van der Waals surface area (Å²) in [7, 11) is 3.15. The van der Waals surface area contributed by atoms with E-state index in [0.717, 1.165) is 31.4 Å². The molecule has 5 nitrogen and oxygen atoms in total. The van der Waals surface area contributed by atoms with Crippen LogP contribution in [0.1, 0.15) is 49.0 Å². The molecule has 1 aromatic rings. The summed E-state index contributed by atoms with van der Waals surface area (Å²) < 4.78 is 16.2. The molecule has 0 saturated heterocycles. The van der Waals surface area contributed by atoms with Crippen molar-refractivity contribution in [2.75, 3.05) is 34.0 Å². The Balaban J connectivity index is 2.65. The first-order valence-electron chi connectivity index (χ1n) is 8.42. The summed E-state index contributed by atoms with van der Waals surface area (Å²) in [6.45, 7) is 6.08. The van der Waals surface area contributed by atoms with Gasteiger partial charge in [0.1, 0.15) is 0 Å². The minimum absolute atomic E-state index is 0.129. The van der Waals surface area contributed by atoms with Gasteiger partial charge in [0.25, 0.3) is 5.91 Å². The predicted molar refractivity (Wildman–Crippen MR) is 96.9 cm³/mol. The highest BCUT2D eigenvalue weighted by molar-refractivity contribution is 5.95. The minimum Gasteiger partial charge on any atom is -0.493 e. The van der Waals surface area contributed by atoms with Gasteiger partial charge in [0.2, 0.25) is 0 Å². The van der Waals surface area contributed by atoms with Gasteiger partial charge in [-0.3, -0.25) is 4.79 Å². The number of rotatable bonds is 11. The number of methoxy groups -OCH3 is 2. The first-order valence-corrected chi connectivity index (χ1v) is 8.42. The van der Waals surface area contributed by atoms with Crippen molar-refractivity contribution in [1.29, 1.82) is 0 Å². The number of hydrogen-bond donors (Lipinski definition) is 1. The Morgan fingerprint density at radius 1 is 1.17 bits per heavy atom. The lowest BCUT2D eigenvalue weighted by Gasteiger charge is -2.13. The molecule has 0 spiro atoms. The van der Waals surface area contributed by atoms with Crippen LogP contribution >= 0.6 is 0 Å². The summed E-state index contributed by atoms with van der Waals surface area (Å²) in [6, 6.07) is 3.49. The second-order valence-corrected chi connectivity index (χ2v) is 5.38. The lowest BCUT2D eigenvalue weighted by Crippen LogP contribution is -2.25. The van der Waals surface area contributed by atoms with Gasteiger partial charge >= 0.3 is 0 Å². The fraction of sp³-hybridized carbons (Fsp3) is 0.526. The summed E-state index contributed by atoms with van der Waals surface area (Å²) in [5, 5.41) is 2.91. The van der Waals surface area contributed by atoms with Crippen molar-refractivity contribution < 1.29 is 19.0 Å². The van der Waals surface area contributed by atoms with Crippen molar-refractivity contribution in [3.63, 3.8) is 0 Å². The molecule has 0 aliphatic heterocycles. The molecule has 5 heteroatoms. The maximum Gasteiger partial charge on any atom is 0.251 e. The van der Waals surface area contributed by atoms with E-state index in [4.69, 9.17) is 14.2 Å². The number of carbonyl (C=O) groups excluding carboxylic acids is 1. The summed E-state index contributed by atoms with van der Waals surface area (Å²) >= 11 is 0. The maximum atomic E-state index is 12.3. The average Bonchev–Trinajstić information content (AvgIpc) is 2.60. The van der Waals surface area contributed by atoms with Gasteiger partial charge in [-0.1, -0.05) is 25.5 Å². The zero-order valence-electron chi connectivity index (χ0n) is 15.2. The number of nitrogens with one attached hydrogen (secondary N) is 1. The van der Waals surface area contributed by atoms with Crippen LogP contribution in [-0.2, 0) is 4.74 Å². The Morgan fingerprint density at radius 3 is 2.54 bits per heavy atom. The molecule has 0 radical (unpaired) electrons. The third-order valence-electron chi connectivity index (χ3n) is 3.51. The molecule has 1 N–H and O–H groups in total. The molecule has 0 aliphatic rings. The van der Waals surface area contributed by atoms with Crippen molar-refractivity contribution in [2.45, 2.75) is 33.1 Å². The second-order valence-electron chi connectivity index (χ2n) is 5.38. The molecule has 0 fully saturated rings. The van der Waals surface area contributed by atoms with Crippen molar-refractivity contribution in [2.24, 2.45) is 0 Å². The van der Waals surface area contributed by atoms with Crippen LogP contribution in [0, 0.1) is 0 Å². The monoisotopic (exact) mass is 335 g/mol. The van der Waals surface area contributed by atoms with E-state index in [9.17, 15) is 4.79 Å². The Hall–Kier alpha value is -2.01. The van der Waals surface area contributed by atoms with Gasteiger partial charge in [0.05, 0.1) is 14.2 Å². The Bertz CT molecular complexity index is 540. The normalized spacial score (nSPS) is 10.8. The molecule has 0 aliphatic carbocycles. The van der Waals surface area contributed by atoms with Gasteiger partial charge in [-0.2, -0.15) is 0 Å². The van der Waals surface area contributed by atoms with Crippen molar-refractivity contribution in [1.82, 2.24) is 5.32 Å². The van der Waals surface area contributed by atoms with Gasteiger partial charge in [0, 0.05) is 30.9 Å². The molecule has 1 amide bonds. The number of amides is 1. The van der Waals surface area contributed by atoms with E-state index in [2.05, 4.69) is 12.2 Å². The van der Waals surface area contributed by atoms with E-state index in [1.807, 2.05) is 19.1 Å². The molecule has 0 bridgehead atoms. The fourth-order valence-electron chi connectivity index (χ4n) is 2.25. The lowest BCUT2D eigenvalue weighted by molar-refractivity contribution is 0.0940. The molecule has 0 aromatic heterocycles. The van der Waals surface area contributed by atoms with Crippen molar-refractivity contribution >= 4 is 12.0 Å². The van der Waals surface area contributed by atoms with Crippen LogP contribution in [0.5, 0.6) is 11.5 Å². The number of unbranched alkanes of at least 4 members (excludes halogenated alkanes) is 1. The van der Waals surface area contributed by atoms with Crippen LogP contribution in [0.15, 0.2) is 18.2 Å². The molecular weight excluding hydrogens is 306 g/mol. The van der Waals surface area contributed by atoms with Gasteiger partial charge in [-0.05, 0) is 31.9 Å². The zero-order chi connectivity index (χ0) is 17.8. The predicted octanol–water partition coefficient (Wildman–Crippen LogP) is 3.67. The highest BCUT2D eigenvalue weighted by Crippen LogP contribution is 2.33. The fourth-order valence-corrected chi connectivity index (χ4v) is 2.25. The molecule has 0 heterocycles. The molecular formula is C19H29NO4. The average molecular weight is 335 g/mol. The van der Waals surface area contributed by atoms with Crippen LogP contribution in [0.4, 0.5) is 0 Å². The largest absolute Gasteiger partial charge is 0.493 e. The summed E-state index contributed by atoms with van der Waals surface area (Å²) in [6.07, 6.45) is 6.78. The van der Waals surface area contributed by atoms with Crippen LogP contribution in [-0.4, -0.2) is 39.9 Å². The molecule has 0 atom stereocenters. The van der Waals surface area contributed by atoms with E-state index < -0.39 is 0 Å². The standard InChI is InChI=1S/C19H29NO4/c1-5-7-11-24-12-8-10-20-19(21)16-13-15(9-6-2)18(23-4)17(14-16)22-3/h6,9,13-14H,5,7-8,10-12H2,1-4H3,(H,20,21)/b9-6+. The van der Waals surface area contributed by atoms with E-state index in [1.165, 1.54) is 0 Å². The van der Waals surface area contributed by atoms with Gasteiger partial charge in [-0.15, -0.1) is 0 Å². The Kier molecular flexibility index (Phi) is 9.61. The number of benzene rings is 1. The van der Waals surface area contributed by atoms with Crippen molar-refractivity contribution in [3.8, 4) is 11.5 Å². The highest BCUT2D eigenvalue weighted by atomic mass is 16.5. The SMILES string of the molecule is C/C=C/c1cc(C(=O)NCCCOCCCC)cc(OC)c1OC. The smallest absolute Gasteiger partial charge is 0.251 e. The minimum atomic E-state index is -0.129. The lowest BCUT2D eigenvalue weighted by atomic mass is 10.1. The molecule has 134 valence electrons. The first kappa shape index (κ1) is 20.0. The molecule has 0 saturated carbocycles. The van der Waals surface area contributed by atoms with Crippen LogP contribution in [0.25, 0.3) is 6.08 Å². The van der Waals surface area contributed by atoms with Gasteiger partial charge in [-0.25, -0.2) is 0 Å². The van der Waals surface area contributed by atoms with Crippen LogP contribution in [0.3, 0.4) is 0 Å². The number of hydrogen-bond acceptors (Lipinski definition) is 4. The quantitative estimate of drug-likeness (QED) is 0.627. The third-order valence-corrected chi connectivity index (χ3v) is 3.51. The Morgan fingerprint density at radius 2 is 1.92 bits per heavy atom. The number of allylic oxidation sites excluding steroid dienone is 1. The first-order chi connectivity index (χ1) is 11.7. The summed E-state index contributed by atoms with van der Waals surface area (Å²) in [5.41, 5.74) is 1.36. The molecule has 24 heavy (non-hydrogen) atoms. The number of carbonyl (C=O) groups is 1. The molecule has 1 rings (SSSR count). The molecule has 0 unspecified atom stereocenters. The van der Waals surface area contributed by atoms with E-state index in [0.29, 0.717) is 30.2 Å². The molecule has 1 aromatic carbocycles. The maximum absolute atomic E-state index is 12.3.